The Hall–Kier alpha value is -0.800. The minimum atomic E-state index is 0.413. The van der Waals surface area contributed by atoms with Gasteiger partial charge in [0.15, 0.2) is 0 Å². The minimum absolute atomic E-state index is 0.413. The molecule has 0 aromatic carbocycles. The zero-order valence-electron chi connectivity index (χ0n) is 10.9. The average molecular weight is 237 g/mol. The average Bonchev–Trinajstić information content (AvgIpc) is 2.76. The maximum absolute atomic E-state index is 6.01. The number of nitrogens with one attached hydrogen (secondary N) is 1. The number of rotatable bonds is 5. The van der Waals surface area contributed by atoms with E-state index in [1.807, 2.05) is 13.1 Å². The molecule has 1 aromatic rings. The standard InChI is InChI=1S/C14H23NO2/c1-11-5-3-4-6-13(11)17-10-14-12(9-15-2)7-8-16-14/h7-8,11,13,15H,3-6,9-10H2,1-2H3. The highest BCUT2D eigenvalue weighted by molar-refractivity contribution is 5.15. The summed E-state index contributed by atoms with van der Waals surface area (Å²) in [7, 11) is 1.95. The molecule has 2 unspecified atom stereocenters. The molecule has 1 N–H and O–H groups in total. The Morgan fingerprint density at radius 3 is 3.00 bits per heavy atom. The highest BCUT2D eigenvalue weighted by Gasteiger charge is 2.22. The van der Waals surface area contributed by atoms with Gasteiger partial charge in [-0.2, -0.15) is 0 Å². The highest BCUT2D eigenvalue weighted by Crippen LogP contribution is 2.27. The molecule has 0 saturated heterocycles. The second-order valence-corrected chi connectivity index (χ2v) is 5.01. The van der Waals surface area contributed by atoms with E-state index in [-0.39, 0.29) is 0 Å². The van der Waals surface area contributed by atoms with Gasteiger partial charge in [0.25, 0.3) is 0 Å². The Balaban J connectivity index is 1.86. The van der Waals surface area contributed by atoms with Crippen molar-refractivity contribution < 1.29 is 9.15 Å². The summed E-state index contributed by atoms with van der Waals surface area (Å²) in [6.45, 7) is 3.74. The van der Waals surface area contributed by atoms with Crippen LogP contribution in [0, 0.1) is 5.92 Å². The number of furan rings is 1. The summed E-state index contributed by atoms with van der Waals surface area (Å²) in [6, 6.07) is 2.01. The van der Waals surface area contributed by atoms with Crippen molar-refractivity contribution in [1.29, 1.82) is 0 Å². The lowest BCUT2D eigenvalue weighted by Crippen LogP contribution is -2.25. The maximum atomic E-state index is 6.01. The fraction of sp³-hybridized carbons (Fsp3) is 0.714. The Kier molecular flexibility index (Phi) is 4.63. The van der Waals surface area contributed by atoms with E-state index >= 15 is 0 Å². The normalized spacial score (nSPS) is 25.1. The van der Waals surface area contributed by atoms with Gasteiger partial charge >= 0.3 is 0 Å². The molecule has 1 aromatic heterocycles. The predicted octanol–water partition coefficient (Wildman–Crippen LogP) is 3.09. The molecule has 0 bridgehead atoms. The van der Waals surface area contributed by atoms with Gasteiger partial charge in [-0.15, -0.1) is 0 Å². The molecule has 0 amide bonds. The van der Waals surface area contributed by atoms with Gasteiger partial charge in [-0.05, 0) is 31.9 Å². The SMILES string of the molecule is CNCc1ccoc1COC1CCCCC1C. The van der Waals surface area contributed by atoms with Crippen molar-refractivity contribution in [2.24, 2.45) is 5.92 Å². The van der Waals surface area contributed by atoms with E-state index in [2.05, 4.69) is 12.2 Å². The lowest BCUT2D eigenvalue weighted by molar-refractivity contribution is -0.0223. The quantitative estimate of drug-likeness (QED) is 0.854. The fourth-order valence-electron chi connectivity index (χ4n) is 2.55. The molecular weight excluding hydrogens is 214 g/mol. The fourth-order valence-corrected chi connectivity index (χ4v) is 2.55. The second kappa shape index (κ2) is 6.22. The Morgan fingerprint density at radius 2 is 2.24 bits per heavy atom. The van der Waals surface area contributed by atoms with Crippen molar-refractivity contribution in [3.05, 3.63) is 23.7 Å². The molecule has 0 spiro atoms. The molecule has 0 radical (unpaired) electrons. The van der Waals surface area contributed by atoms with Crippen molar-refractivity contribution in [1.82, 2.24) is 5.32 Å². The van der Waals surface area contributed by atoms with Crippen LogP contribution < -0.4 is 5.32 Å². The van der Waals surface area contributed by atoms with Crippen LogP contribution in [0.5, 0.6) is 0 Å². The van der Waals surface area contributed by atoms with Crippen LogP contribution in [-0.2, 0) is 17.9 Å². The number of hydrogen-bond acceptors (Lipinski definition) is 3. The van der Waals surface area contributed by atoms with E-state index in [1.165, 1.54) is 31.2 Å². The van der Waals surface area contributed by atoms with Crippen LogP contribution in [0.15, 0.2) is 16.7 Å². The Bertz CT molecular complexity index is 335. The molecule has 17 heavy (non-hydrogen) atoms. The lowest BCUT2D eigenvalue weighted by atomic mass is 9.88. The summed E-state index contributed by atoms with van der Waals surface area (Å²) in [5, 5.41) is 3.14. The third-order valence-corrected chi connectivity index (χ3v) is 3.67. The third kappa shape index (κ3) is 3.33. The maximum Gasteiger partial charge on any atom is 0.133 e. The largest absolute Gasteiger partial charge is 0.467 e. The summed E-state index contributed by atoms with van der Waals surface area (Å²) in [6.07, 6.45) is 7.31. The predicted molar refractivity (Wildman–Crippen MR) is 67.7 cm³/mol. The summed E-state index contributed by atoms with van der Waals surface area (Å²) < 4.78 is 11.5. The van der Waals surface area contributed by atoms with Gasteiger partial charge in [0, 0.05) is 12.1 Å². The summed E-state index contributed by atoms with van der Waals surface area (Å²) >= 11 is 0. The summed E-state index contributed by atoms with van der Waals surface area (Å²) in [5.41, 5.74) is 1.20. The van der Waals surface area contributed by atoms with E-state index in [0.29, 0.717) is 18.6 Å². The summed E-state index contributed by atoms with van der Waals surface area (Å²) in [4.78, 5) is 0. The Morgan fingerprint density at radius 1 is 1.41 bits per heavy atom. The molecule has 1 aliphatic carbocycles. The van der Waals surface area contributed by atoms with E-state index in [4.69, 9.17) is 9.15 Å². The molecule has 1 saturated carbocycles. The first-order valence-corrected chi connectivity index (χ1v) is 6.62. The molecule has 2 rings (SSSR count). The van der Waals surface area contributed by atoms with Gasteiger partial charge in [-0.25, -0.2) is 0 Å². The van der Waals surface area contributed by atoms with Gasteiger partial charge in [-0.1, -0.05) is 19.8 Å². The van der Waals surface area contributed by atoms with Crippen molar-refractivity contribution >= 4 is 0 Å². The van der Waals surface area contributed by atoms with E-state index in [1.54, 1.807) is 6.26 Å². The van der Waals surface area contributed by atoms with E-state index < -0.39 is 0 Å². The lowest BCUT2D eigenvalue weighted by Gasteiger charge is -2.28. The van der Waals surface area contributed by atoms with Crippen LogP contribution in [0.4, 0.5) is 0 Å². The minimum Gasteiger partial charge on any atom is -0.467 e. The molecule has 1 fully saturated rings. The van der Waals surface area contributed by atoms with Crippen molar-refractivity contribution in [3.63, 3.8) is 0 Å². The number of hydrogen-bond donors (Lipinski definition) is 1. The zero-order chi connectivity index (χ0) is 12.1. The van der Waals surface area contributed by atoms with Crippen molar-refractivity contribution in [3.8, 4) is 0 Å². The molecule has 3 nitrogen and oxygen atoms in total. The van der Waals surface area contributed by atoms with Crippen LogP contribution in [0.3, 0.4) is 0 Å². The number of ether oxygens (including phenoxy) is 1. The monoisotopic (exact) mass is 237 g/mol. The van der Waals surface area contributed by atoms with E-state index in [9.17, 15) is 0 Å². The zero-order valence-corrected chi connectivity index (χ0v) is 10.9. The molecule has 1 heterocycles. The van der Waals surface area contributed by atoms with Gasteiger partial charge in [0.2, 0.25) is 0 Å². The smallest absolute Gasteiger partial charge is 0.133 e. The molecule has 2 atom stereocenters. The van der Waals surface area contributed by atoms with Crippen LogP contribution in [-0.4, -0.2) is 13.2 Å². The van der Waals surface area contributed by atoms with Crippen LogP contribution in [0.25, 0.3) is 0 Å². The first-order chi connectivity index (χ1) is 8.31. The second-order valence-electron chi connectivity index (χ2n) is 5.01. The third-order valence-electron chi connectivity index (χ3n) is 3.67. The van der Waals surface area contributed by atoms with Gasteiger partial charge < -0.3 is 14.5 Å². The topological polar surface area (TPSA) is 34.4 Å². The van der Waals surface area contributed by atoms with Crippen LogP contribution in [0.2, 0.25) is 0 Å². The van der Waals surface area contributed by atoms with Gasteiger partial charge in [0.05, 0.1) is 12.4 Å². The van der Waals surface area contributed by atoms with Crippen LogP contribution >= 0.6 is 0 Å². The van der Waals surface area contributed by atoms with E-state index in [0.717, 1.165) is 12.3 Å². The van der Waals surface area contributed by atoms with Crippen LogP contribution in [0.1, 0.15) is 43.9 Å². The van der Waals surface area contributed by atoms with Gasteiger partial charge in [-0.3, -0.25) is 0 Å². The Labute approximate surface area is 104 Å². The van der Waals surface area contributed by atoms with Crippen molar-refractivity contribution in [2.45, 2.75) is 51.9 Å². The summed E-state index contributed by atoms with van der Waals surface area (Å²) in [5.74, 6) is 1.66. The molecule has 3 heteroatoms. The molecule has 0 aliphatic heterocycles. The molecule has 96 valence electrons. The molecular formula is C14H23NO2. The first kappa shape index (κ1) is 12.7. The first-order valence-electron chi connectivity index (χ1n) is 6.62. The van der Waals surface area contributed by atoms with Crippen molar-refractivity contribution in [2.75, 3.05) is 7.05 Å². The van der Waals surface area contributed by atoms with Gasteiger partial charge in [0.1, 0.15) is 12.4 Å². The highest BCUT2D eigenvalue weighted by atomic mass is 16.5. The molecule has 1 aliphatic rings.